The molecule has 0 aromatic heterocycles. The Morgan fingerprint density at radius 2 is 0.733 bits per heavy atom. The number of amides is 1. The zero-order chi connectivity index (χ0) is 54.9. The van der Waals surface area contributed by atoms with Crippen molar-refractivity contribution in [3.8, 4) is 0 Å². The van der Waals surface area contributed by atoms with Gasteiger partial charge in [0.1, 0.15) is 13.2 Å². The Morgan fingerprint density at radius 1 is 0.440 bits per heavy atom. The van der Waals surface area contributed by atoms with Crippen molar-refractivity contribution in [2.75, 3.05) is 40.9 Å². The number of unbranched alkanes of at least 4 members (excludes halogenated alkanes) is 41. The highest BCUT2D eigenvalue weighted by Crippen LogP contribution is 2.43. The normalized spacial score (nSPS) is 14.1. The second-order valence-corrected chi connectivity index (χ2v) is 24.9. The lowest BCUT2D eigenvalue weighted by atomic mass is 10.0. The number of quaternary nitrogens is 1. The van der Waals surface area contributed by atoms with Gasteiger partial charge in [-0.05, 0) is 70.6 Å². The van der Waals surface area contributed by atoms with Crippen molar-refractivity contribution in [2.24, 2.45) is 0 Å². The molecule has 0 aliphatic carbocycles. The van der Waals surface area contributed by atoms with Crippen LogP contribution < -0.4 is 5.32 Å². The van der Waals surface area contributed by atoms with E-state index in [1.165, 1.54) is 250 Å². The summed E-state index contributed by atoms with van der Waals surface area (Å²) < 4.78 is 23.7. The monoisotopic (exact) mass is 1080 g/mol. The molecule has 0 saturated carbocycles. The Bertz CT molecular complexity index is 1360. The molecule has 0 heterocycles. The number of allylic oxidation sites excluding steroid dienone is 7. The molecule has 0 radical (unpaired) electrons. The van der Waals surface area contributed by atoms with Crippen molar-refractivity contribution < 1.29 is 32.9 Å². The highest BCUT2D eigenvalue weighted by molar-refractivity contribution is 7.47. The number of phosphoric ester groups is 1. The molecule has 3 N–H and O–H groups in total. The van der Waals surface area contributed by atoms with Crippen LogP contribution in [0.3, 0.4) is 0 Å². The molecule has 0 spiro atoms. The van der Waals surface area contributed by atoms with E-state index in [0.717, 1.165) is 44.9 Å². The molecule has 0 aliphatic heterocycles. The van der Waals surface area contributed by atoms with E-state index >= 15 is 0 Å². The SMILES string of the molecule is CCCCCCCCCCCCCC/C=C\CCCCCCCCCCCCCCCCCC(=O)NC(COP(=O)(O)OCC[N+](C)(C)C)C(O)/C=C/CC/C=C/CC/C=C/CCCCCCCCCCCCCC. The number of aliphatic hydroxyl groups excluding tert-OH is 1. The molecule has 0 aromatic rings. The standard InChI is InChI=1S/C66H127N2O6P/c1-6-8-10-12-14-16-18-20-22-24-26-28-30-31-32-33-34-35-36-37-38-40-42-44-46-48-50-52-54-56-58-60-66(70)67-64(63-74-75(71,72)73-62-61-68(3,4)5)65(69)59-57-55-53-51-49-47-45-43-41-39-29-27-25-23-21-19-17-15-13-11-9-7-2/h31-32,41,43,49,51,57,59,64-65,69H,6-30,33-40,42,44-48,50,52-56,58,60-63H2,1-5H3,(H-,67,70,71,72)/p+1/b32-31-,43-41+,51-49+,59-57+. The van der Waals surface area contributed by atoms with Gasteiger partial charge in [0.2, 0.25) is 5.91 Å². The summed E-state index contributed by atoms with van der Waals surface area (Å²) in [6.45, 7) is 4.83. The van der Waals surface area contributed by atoms with Gasteiger partial charge in [-0.15, -0.1) is 0 Å². The average Bonchev–Trinajstić information content (AvgIpc) is 3.37. The Morgan fingerprint density at radius 3 is 1.07 bits per heavy atom. The quantitative estimate of drug-likeness (QED) is 0.0243. The fourth-order valence-electron chi connectivity index (χ4n) is 9.66. The summed E-state index contributed by atoms with van der Waals surface area (Å²) in [5.41, 5.74) is 0. The van der Waals surface area contributed by atoms with E-state index in [-0.39, 0.29) is 19.1 Å². The number of nitrogens with zero attached hydrogens (tertiary/aromatic N) is 1. The van der Waals surface area contributed by atoms with Crippen molar-refractivity contribution in [3.05, 3.63) is 48.6 Å². The Labute approximate surface area is 467 Å². The molecule has 1 amide bonds. The minimum Gasteiger partial charge on any atom is -0.387 e. The zero-order valence-corrected chi connectivity index (χ0v) is 51.4. The van der Waals surface area contributed by atoms with Crippen LogP contribution in [-0.2, 0) is 18.4 Å². The Balaban J connectivity index is 4.13. The molecule has 0 fully saturated rings. The Hall–Kier alpha value is -1.54. The number of nitrogens with one attached hydrogen (secondary N) is 1. The maximum absolute atomic E-state index is 13.0. The number of phosphoric acid groups is 1. The smallest absolute Gasteiger partial charge is 0.387 e. The minimum atomic E-state index is -4.36. The van der Waals surface area contributed by atoms with Crippen LogP contribution in [0.15, 0.2) is 48.6 Å². The summed E-state index contributed by atoms with van der Waals surface area (Å²) in [6.07, 6.45) is 76.8. The molecule has 8 nitrogen and oxygen atoms in total. The van der Waals surface area contributed by atoms with Crippen LogP contribution in [0.25, 0.3) is 0 Å². The van der Waals surface area contributed by atoms with Crippen LogP contribution in [0, 0.1) is 0 Å². The highest BCUT2D eigenvalue weighted by Gasteiger charge is 2.27. The molecular weight excluding hydrogens is 948 g/mol. The average molecular weight is 1080 g/mol. The molecular formula is C66H128N2O6P+. The first-order chi connectivity index (χ1) is 36.5. The van der Waals surface area contributed by atoms with E-state index in [0.29, 0.717) is 17.4 Å². The number of hydrogen-bond acceptors (Lipinski definition) is 5. The summed E-state index contributed by atoms with van der Waals surface area (Å²) in [4.78, 5) is 23.4. The largest absolute Gasteiger partial charge is 0.472 e. The maximum atomic E-state index is 13.0. The van der Waals surface area contributed by atoms with Crippen LogP contribution in [0.2, 0.25) is 0 Å². The zero-order valence-electron chi connectivity index (χ0n) is 50.6. The summed E-state index contributed by atoms with van der Waals surface area (Å²) in [7, 11) is 1.55. The van der Waals surface area contributed by atoms with Gasteiger partial charge in [0.05, 0.1) is 39.9 Å². The number of carbonyl (C=O) groups is 1. The van der Waals surface area contributed by atoms with Crippen LogP contribution in [-0.4, -0.2) is 73.4 Å². The fraction of sp³-hybridized carbons (Fsp3) is 0.864. The van der Waals surface area contributed by atoms with Gasteiger partial charge in [-0.1, -0.05) is 287 Å². The van der Waals surface area contributed by atoms with Crippen LogP contribution in [0.5, 0.6) is 0 Å². The lowest BCUT2D eigenvalue weighted by Crippen LogP contribution is -2.45. The molecule has 9 heteroatoms. The van der Waals surface area contributed by atoms with E-state index in [2.05, 4.69) is 55.6 Å². The molecule has 3 unspecified atom stereocenters. The molecule has 0 saturated heterocycles. The van der Waals surface area contributed by atoms with Crippen molar-refractivity contribution in [3.63, 3.8) is 0 Å². The number of hydrogen-bond donors (Lipinski definition) is 3. The molecule has 0 rings (SSSR count). The fourth-order valence-corrected chi connectivity index (χ4v) is 10.4. The van der Waals surface area contributed by atoms with E-state index in [9.17, 15) is 19.4 Å². The topological polar surface area (TPSA) is 105 Å². The molecule has 442 valence electrons. The van der Waals surface area contributed by atoms with Gasteiger partial charge in [-0.25, -0.2) is 4.57 Å². The lowest BCUT2D eigenvalue weighted by molar-refractivity contribution is -0.870. The van der Waals surface area contributed by atoms with Crippen molar-refractivity contribution in [2.45, 2.75) is 328 Å². The predicted octanol–water partition coefficient (Wildman–Crippen LogP) is 20.3. The van der Waals surface area contributed by atoms with Crippen LogP contribution in [0.4, 0.5) is 0 Å². The lowest BCUT2D eigenvalue weighted by Gasteiger charge is -2.25. The van der Waals surface area contributed by atoms with Gasteiger partial charge in [-0.3, -0.25) is 13.8 Å². The van der Waals surface area contributed by atoms with Crippen LogP contribution in [0.1, 0.15) is 316 Å². The number of aliphatic hydroxyl groups is 1. The van der Waals surface area contributed by atoms with Crippen molar-refractivity contribution in [1.82, 2.24) is 5.32 Å². The summed E-state index contributed by atoms with van der Waals surface area (Å²) in [5.74, 6) is -0.187. The van der Waals surface area contributed by atoms with Crippen molar-refractivity contribution >= 4 is 13.7 Å². The third-order valence-electron chi connectivity index (χ3n) is 14.7. The molecule has 75 heavy (non-hydrogen) atoms. The van der Waals surface area contributed by atoms with Crippen LogP contribution >= 0.6 is 7.82 Å². The van der Waals surface area contributed by atoms with E-state index in [1.54, 1.807) is 6.08 Å². The van der Waals surface area contributed by atoms with Gasteiger partial charge < -0.3 is 19.8 Å². The predicted molar refractivity (Wildman–Crippen MR) is 327 cm³/mol. The second-order valence-electron chi connectivity index (χ2n) is 23.5. The first-order valence-corrected chi connectivity index (χ1v) is 34.0. The third kappa shape index (κ3) is 60.0. The minimum absolute atomic E-state index is 0.0539. The molecule has 0 bridgehead atoms. The van der Waals surface area contributed by atoms with E-state index in [1.807, 2.05) is 27.2 Å². The number of rotatable bonds is 60. The third-order valence-corrected chi connectivity index (χ3v) is 15.7. The van der Waals surface area contributed by atoms with Gasteiger partial charge in [0, 0.05) is 6.42 Å². The van der Waals surface area contributed by atoms with Gasteiger partial charge in [-0.2, -0.15) is 0 Å². The first kappa shape index (κ1) is 73.5. The molecule has 0 aromatic carbocycles. The first-order valence-electron chi connectivity index (χ1n) is 32.5. The van der Waals surface area contributed by atoms with E-state index in [4.69, 9.17) is 9.05 Å². The highest BCUT2D eigenvalue weighted by atomic mass is 31.2. The molecule has 3 atom stereocenters. The number of likely N-dealkylation sites (N-methyl/N-ethyl adjacent to an activating group) is 1. The summed E-state index contributed by atoms with van der Waals surface area (Å²) in [5, 5.41) is 13.9. The van der Waals surface area contributed by atoms with E-state index < -0.39 is 20.0 Å². The Kier molecular flexibility index (Phi) is 56.0. The summed E-state index contributed by atoms with van der Waals surface area (Å²) in [6, 6.07) is -0.871. The van der Waals surface area contributed by atoms with Gasteiger partial charge >= 0.3 is 7.82 Å². The maximum Gasteiger partial charge on any atom is 0.472 e. The van der Waals surface area contributed by atoms with Gasteiger partial charge in [0.25, 0.3) is 0 Å². The summed E-state index contributed by atoms with van der Waals surface area (Å²) >= 11 is 0. The molecule has 0 aliphatic rings. The second kappa shape index (κ2) is 57.2. The number of carbonyl (C=O) groups excluding carboxylic acids is 1. The van der Waals surface area contributed by atoms with Gasteiger partial charge in [0.15, 0.2) is 0 Å². The van der Waals surface area contributed by atoms with Crippen molar-refractivity contribution in [1.29, 1.82) is 0 Å².